The van der Waals surface area contributed by atoms with Crippen LogP contribution in [0, 0.1) is 0 Å². The smallest absolute Gasteiger partial charge is 0.322 e. The molecule has 0 spiro atoms. The van der Waals surface area contributed by atoms with E-state index in [0.29, 0.717) is 19.7 Å². The zero-order valence-electron chi connectivity index (χ0n) is 18.5. The molecule has 0 bridgehead atoms. The van der Waals surface area contributed by atoms with Crippen LogP contribution in [0.4, 0.5) is 16.2 Å². The Morgan fingerprint density at radius 3 is 2.58 bits per heavy atom. The predicted molar refractivity (Wildman–Crippen MR) is 125 cm³/mol. The Morgan fingerprint density at radius 2 is 1.90 bits per heavy atom. The first-order valence-electron chi connectivity index (χ1n) is 10.6. The summed E-state index contributed by atoms with van der Waals surface area (Å²) in [5.41, 5.74) is 2.85. The first kappa shape index (κ1) is 22.2. The highest BCUT2D eigenvalue weighted by Crippen LogP contribution is 2.21. The summed E-state index contributed by atoms with van der Waals surface area (Å²) >= 11 is 0. The largest absolute Gasteiger partial charge is 0.494 e. The van der Waals surface area contributed by atoms with E-state index in [9.17, 15) is 4.79 Å². The van der Waals surface area contributed by atoms with Crippen molar-refractivity contribution in [3.05, 3.63) is 72.8 Å². The van der Waals surface area contributed by atoms with Gasteiger partial charge in [0.1, 0.15) is 5.75 Å². The van der Waals surface area contributed by atoms with Crippen molar-refractivity contribution in [3.63, 3.8) is 0 Å². The fraction of sp³-hybridized carbons (Fsp3) is 0.333. The third-order valence-electron chi connectivity index (χ3n) is 4.96. The topological polar surface area (TPSA) is 62.6 Å². The highest BCUT2D eigenvalue weighted by atomic mass is 16.5. The third-order valence-corrected chi connectivity index (χ3v) is 4.96. The molecular formula is C24H31N5O2. The number of nitrogens with zero attached hydrogens (tertiary/aromatic N) is 4. The molecule has 1 aromatic heterocycles. The van der Waals surface area contributed by atoms with Gasteiger partial charge in [-0.25, -0.2) is 9.78 Å². The van der Waals surface area contributed by atoms with Crippen LogP contribution >= 0.6 is 0 Å². The molecule has 0 atom stereocenters. The second-order valence-electron chi connectivity index (χ2n) is 7.49. The van der Waals surface area contributed by atoms with Crippen LogP contribution in [0.1, 0.15) is 18.9 Å². The Bertz CT molecular complexity index is 939. The van der Waals surface area contributed by atoms with E-state index in [2.05, 4.69) is 10.3 Å². The van der Waals surface area contributed by atoms with Crippen molar-refractivity contribution in [1.29, 1.82) is 0 Å². The minimum absolute atomic E-state index is 0.130. The number of ether oxygens (including phenoxy) is 1. The zero-order valence-corrected chi connectivity index (χ0v) is 18.5. The maximum atomic E-state index is 13.1. The molecule has 7 heteroatoms. The van der Waals surface area contributed by atoms with Crippen molar-refractivity contribution in [2.45, 2.75) is 26.4 Å². The Balaban J connectivity index is 1.71. The van der Waals surface area contributed by atoms with Crippen molar-refractivity contribution in [2.24, 2.45) is 0 Å². The number of anilines is 2. The van der Waals surface area contributed by atoms with Crippen LogP contribution in [0.5, 0.6) is 5.75 Å². The molecule has 0 saturated carbocycles. The molecule has 0 aliphatic carbocycles. The van der Waals surface area contributed by atoms with Crippen molar-refractivity contribution in [1.82, 2.24) is 14.5 Å². The molecule has 0 saturated heterocycles. The molecule has 2 amide bonds. The summed E-state index contributed by atoms with van der Waals surface area (Å²) < 4.78 is 7.78. The van der Waals surface area contributed by atoms with Crippen molar-refractivity contribution in [3.8, 4) is 5.75 Å². The minimum atomic E-state index is -0.130. The molecule has 3 rings (SSSR count). The van der Waals surface area contributed by atoms with E-state index in [1.165, 1.54) is 0 Å². The van der Waals surface area contributed by atoms with Crippen LogP contribution in [0.25, 0.3) is 0 Å². The van der Waals surface area contributed by atoms with Crippen LogP contribution in [0.3, 0.4) is 0 Å². The number of carbonyl (C=O) groups excluding carboxylic acids is 1. The van der Waals surface area contributed by atoms with E-state index >= 15 is 0 Å². The van der Waals surface area contributed by atoms with Crippen LogP contribution in [0.2, 0.25) is 0 Å². The summed E-state index contributed by atoms with van der Waals surface area (Å²) in [6.45, 7) is 4.43. The number of rotatable bonds is 10. The lowest BCUT2D eigenvalue weighted by molar-refractivity contribution is 0.206. The van der Waals surface area contributed by atoms with Gasteiger partial charge in [-0.15, -0.1) is 0 Å². The van der Waals surface area contributed by atoms with Crippen LogP contribution in [0.15, 0.2) is 67.3 Å². The highest BCUT2D eigenvalue weighted by molar-refractivity contribution is 5.89. The number of aryl methyl sites for hydroxylation is 1. The van der Waals surface area contributed by atoms with Crippen LogP contribution in [-0.2, 0) is 13.1 Å². The molecule has 0 aliphatic rings. The maximum absolute atomic E-state index is 13.1. The van der Waals surface area contributed by atoms with Gasteiger partial charge in [0.2, 0.25) is 0 Å². The molecule has 2 aromatic carbocycles. The lowest BCUT2D eigenvalue weighted by Crippen LogP contribution is -2.35. The molecule has 3 aromatic rings. The highest BCUT2D eigenvalue weighted by Gasteiger charge is 2.16. The van der Waals surface area contributed by atoms with Gasteiger partial charge in [-0.3, -0.25) is 0 Å². The number of carbonyl (C=O) groups is 1. The zero-order chi connectivity index (χ0) is 22.1. The van der Waals surface area contributed by atoms with E-state index in [1.54, 1.807) is 12.5 Å². The number of nitrogens with one attached hydrogen (secondary N) is 1. The number of hydrogen-bond donors (Lipinski definition) is 1. The van der Waals surface area contributed by atoms with E-state index in [-0.39, 0.29) is 6.03 Å². The van der Waals surface area contributed by atoms with Gasteiger partial charge in [-0.05, 0) is 43.7 Å². The Kier molecular flexibility index (Phi) is 7.92. The summed E-state index contributed by atoms with van der Waals surface area (Å²) in [5, 5.41) is 3.03. The molecule has 0 aliphatic heterocycles. The monoisotopic (exact) mass is 421 g/mol. The van der Waals surface area contributed by atoms with E-state index in [0.717, 1.165) is 35.7 Å². The average molecular weight is 422 g/mol. The van der Waals surface area contributed by atoms with Crippen molar-refractivity contribution in [2.75, 3.05) is 37.5 Å². The Hall–Kier alpha value is -3.48. The molecule has 7 nitrogen and oxygen atoms in total. The van der Waals surface area contributed by atoms with Crippen molar-refractivity contribution < 1.29 is 9.53 Å². The maximum Gasteiger partial charge on any atom is 0.322 e. The van der Waals surface area contributed by atoms with E-state index in [1.807, 2.05) is 90.1 Å². The molecule has 1 N–H and O–H groups in total. The summed E-state index contributed by atoms with van der Waals surface area (Å²) in [6.07, 6.45) is 6.31. The molecule has 0 unspecified atom stereocenters. The molecule has 31 heavy (non-hydrogen) atoms. The molecule has 0 fully saturated rings. The van der Waals surface area contributed by atoms with Gasteiger partial charge in [0.25, 0.3) is 0 Å². The quantitative estimate of drug-likeness (QED) is 0.525. The minimum Gasteiger partial charge on any atom is -0.494 e. The molecule has 0 radical (unpaired) electrons. The third kappa shape index (κ3) is 6.50. The lowest BCUT2D eigenvalue weighted by atomic mass is 10.2. The predicted octanol–water partition coefficient (Wildman–Crippen LogP) is 4.47. The fourth-order valence-electron chi connectivity index (χ4n) is 3.30. The molecule has 164 valence electrons. The van der Waals surface area contributed by atoms with E-state index < -0.39 is 0 Å². The summed E-state index contributed by atoms with van der Waals surface area (Å²) in [5.74, 6) is 0.813. The number of amides is 2. The Morgan fingerprint density at radius 1 is 1.13 bits per heavy atom. The number of imidazole rings is 1. The molecule has 1 heterocycles. The van der Waals surface area contributed by atoms with E-state index in [4.69, 9.17) is 4.74 Å². The number of urea groups is 1. The van der Waals surface area contributed by atoms with Crippen LogP contribution < -0.4 is 15.0 Å². The first-order chi connectivity index (χ1) is 15.1. The number of para-hydroxylation sites is 1. The number of benzene rings is 2. The standard InChI is InChI=1S/C24H31N5O2/c1-4-31-23-9-6-5-8-20(23)18-29(16-7-15-28-17-14-25-19-28)24(30)26-21-10-12-22(13-11-21)27(2)3/h5-6,8-14,17,19H,4,7,15-16,18H2,1-3H3,(H,26,30). The first-order valence-corrected chi connectivity index (χ1v) is 10.6. The van der Waals surface area contributed by atoms with Gasteiger partial charge >= 0.3 is 6.03 Å². The van der Waals surface area contributed by atoms with Gasteiger partial charge in [0, 0.05) is 56.5 Å². The normalized spacial score (nSPS) is 10.5. The summed E-state index contributed by atoms with van der Waals surface area (Å²) in [4.78, 5) is 21.1. The van der Waals surface area contributed by atoms with Gasteiger partial charge < -0.3 is 24.4 Å². The second kappa shape index (κ2) is 11.1. The van der Waals surface area contributed by atoms with Gasteiger partial charge in [0.05, 0.1) is 19.5 Å². The van der Waals surface area contributed by atoms with Gasteiger partial charge in [-0.1, -0.05) is 18.2 Å². The number of aromatic nitrogens is 2. The Labute approximate surface area is 184 Å². The van der Waals surface area contributed by atoms with Crippen LogP contribution in [-0.4, -0.2) is 47.7 Å². The van der Waals surface area contributed by atoms with Gasteiger partial charge in [0.15, 0.2) is 0 Å². The second-order valence-corrected chi connectivity index (χ2v) is 7.49. The lowest BCUT2D eigenvalue weighted by Gasteiger charge is -2.24. The van der Waals surface area contributed by atoms with Crippen molar-refractivity contribution >= 4 is 17.4 Å². The number of hydrogen-bond acceptors (Lipinski definition) is 4. The van der Waals surface area contributed by atoms with Gasteiger partial charge in [-0.2, -0.15) is 0 Å². The molecular weight excluding hydrogens is 390 g/mol. The SMILES string of the molecule is CCOc1ccccc1CN(CCCn1ccnc1)C(=O)Nc1ccc(N(C)C)cc1. The average Bonchev–Trinajstić information content (AvgIpc) is 3.28. The fourth-order valence-corrected chi connectivity index (χ4v) is 3.30. The summed E-state index contributed by atoms with van der Waals surface area (Å²) in [7, 11) is 3.98. The summed E-state index contributed by atoms with van der Waals surface area (Å²) in [6, 6.07) is 15.6.